The predicted octanol–water partition coefficient (Wildman–Crippen LogP) is 1.79. The number of anilines is 2. The summed E-state index contributed by atoms with van der Waals surface area (Å²) in [4.78, 5) is 11.8. The van der Waals surface area contributed by atoms with E-state index in [1.54, 1.807) is 12.1 Å². The van der Waals surface area contributed by atoms with Crippen molar-refractivity contribution in [1.82, 2.24) is 15.4 Å². The lowest BCUT2D eigenvalue weighted by molar-refractivity contribution is 0.102. The zero-order chi connectivity index (χ0) is 15.4. The van der Waals surface area contributed by atoms with Gasteiger partial charge in [-0.05, 0) is 31.0 Å². The van der Waals surface area contributed by atoms with Crippen LogP contribution in [0.1, 0.15) is 23.3 Å². The topological polar surface area (TPSA) is 91.9 Å². The molecule has 1 aliphatic rings. The molecular formula is C14H16FN5O2. The average molecular weight is 305 g/mol. The van der Waals surface area contributed by atoms with E-state index in [0.717, 1.165) is 19.4 Å². The third-order valence-corrected chi connectivity index (χ3v) is 3.42. The molecule has 1 saturated heterocycles. The number of H-pyrrole nitrogens is 1. The molecule has 0 bridgehead atoms. The van der Waals surface area contributed by atoms with Gasteiger partial charge in [-0.15, -0.1) is 0 Å². The Morgan fingerprint density at radius 3 is 3.09 bits per heavy atom. The van der Waals surface area contributed by atoms with E-state index in [4.69, 9.17) is 4.74 Å². The lowest BCUT2D eigenvalue weighted by Crippen LogP contribution is -2.19. The average Bonchev–Trinajstić information content (AvgIpc) is 3.20. The molecule has 7 nitrogen and oxygen atoms in total. The zero-order valence-electron chi connectivity index (χ0n) is 11.8. The summed E-state index contributed by atoms with van der Waals surface area (Å²) in [5, 5.41) is 15.1. The van der Waals surface area contributed by atoms with Gasteiger partial charge in [0.15, 0.2) is 5.69 Å². The van der Waals surface area contributed by atoms with Crippen LogP contribution in [0, 0.1) is 5.82 Å². The Bertz CT molecular complexity index is 641. The van der Waals surface area contributed by atoms with Crippen LogP contribution in [0.5, 0.6) is 0 Å². The first-order valence-corrected chi connectivity index (χ1v) is 7.04. The molecule has 0 aliphatic carbocycles. The number of hydrogen-bond acceptors (Lipinski definition) is 5. The van der Waals surface area contributed by atoms with Crippen LogP contribution in [0.3, 0.4) is 0 Å². The fourth-order valence-corrected chi connectivity index (χ4v) is 2.27. The number of hydrogen-bond donors (Lipinski definition) is 3. The summed E-state index contributed by atoms with van der Waals surface area (Å²) in [6.07, 6.45) is 3.46. The number of aromatic amines is 1. The number of nitrogens with zero attached hydrogens (tertiary/aromatic N) is 2. The fourth-order valence-electron chi connectivity index (χ4n) is 2.27. The number of ether oxygens (including phenoxy) is 1. The van der Waals surface area contributed by atoms with Crippen molar-refractivity contribution in [3.8, 4) is 0 Å². The van der Waals surface area contributed by atoms with E-state index < -0.39 is 11.7 Å². The normalized spacial score (nSPS) is 17.4. The Morgan fingerprint density at radius 1 is 1.50 bits per heavy atom. The van der Waals surface area contributed by atoms with E-state index in [2.05, 4.69) is 26.0 Å². The van der Waals surface area contributed by atoms with E-state index in [-0.39, 0.29) is 11.8 Å². The standard InChI is InChI=1S/C14H16FN5O2/c15-11-6-9(18-14(21)13-8-17-20-19-13)3-4-12(11)16-7-10-2-1-5-22-10/h3-4,6,8,10,16H,1-2,5,7H2,(H,18,21)(H,17,19,20)/t10-/m1/s1. The minimum Gasteiger partial charge on any atom is -0.380 e. The fraction of sp³-hybridized carbons (Fsp3) is 0.357. The Morgan fingerprint density at radius 2 is 2.41 bits per heavy atom. The van der Waals surface area contributed by atoms with Crippen molar-refractivity contribution in [3.63, 3.8) is 0 Å². The van der Waals surface area contributed by atoms with Crippen LogP contribution in [-0.4, -0.2) is 40.6 Å². The van der Waals surface area contributed by atoms with E-state index in [1.165, 1.54) is 12.3 Å². The maximum Gasteiger partial charge on any atom is 0.277 e. The first-order chi connectivity index (χ1) is 10.7. The van der Waals surface area contributed by atoms with Gasteiger partial charge in [0.05, 0.1) is 18.0 Å². The molecule has 1 amide bonds. The van der Waals surface area contributed by atoms with Crippen LogP contribution in [-0.2, 0) is 4.74 Å². The monoisotopic (exact) mass is 305 g/mol. The molecule has 1 atom stereocenters. The van der Waals surface area contributed by atoms with Gasteiger partial charge in [-0.3, -0.25) is 4.79 Å². The zero-order valence-corrected chi connectivity index (χ0v) is 11.8. The van der Waals surface area contributed by atoms with Gasteiger partial charge in [-0.1, -0.05) is 0 Å². The summed E-state index contributed by atoms with van der Waals surface area (Å²) in [5.41, 5.74) is 0.879. The first-order valence-electron chi connectivity index (χ1n) is 7.04. The van der Waals surface area contributed by atoms with E-state index in [0.29, 0.717) is 17.9 Å². The highest BCUT2D eigenvalue weighted by Gasteiger charge is 2.16. The van der Waals surface area contributed by atoms with Crippen LogP contribution in [0.4, 0.5) is 15.8 Å². The van der Waals surface area contributed by atoms with E-state index in [1.807, 2.05) is 0 Å². The molecule has 0 radical (unpaired) electrons. The molecule has 0 unspecified atom stereocenters. The number of rotatable bonds is 5. The highest BCUT2D eigenvalue weighted by molar-refractivity contribution is 6.02. The molecule has 1 fully saturated rings. The lowest BCUT2D eigenvalue weighted by Gasteiger charge is -2.13. The Labute approximate surface area is 126 Å². The largest absolute Gasteiger partial charge is 0.380 e. The molecule has 1 aromatic heterocycles. The van der Waals surface area contributed by atoms with Gasteiger partial charge in [-0.25, -0.2) is 4.39 Å². The van der Waals surface area contributed by atoms with E-state index in [9.17, 15) is 9.18 Å². The smallest absolute Gasteiger partial charge is 0.277 e. The van der Waals surface area contributed by atoms with Crippen molar-refractivity contribution in [3.05, 3.63) is 35.9 Å². The Balaban J connectivity index is 1.60. The van der Waals surface area contributed by atoms with Crippen LogP contribution in [0.25, 0.3) is 0 Å². The molecule has 3 rings (SSSR count). The molecule has 3 N–H and O–H groups in total. The maximum absolute atomic E-state index is 14.0. The predicted molar refractivity (Wildman–Crippen MR) is 78.2 cm³/mol. The number of benzene rings is 1. The molecule has 2 heterocycles. The minimum atomic E-state index is -0.451. The number of aromatic nitrogens is 3. The van der Waals surface area contributed by atoms with Crippen LogP contribution in [0.15, 0.2) is 24.4 Å². The third kappa shape index (κ3) is 3.40. The van der Waals surface area contributed by atoms with Gasteiger partial charge < -0.3 is 15.4 Å². The van der Waals surface area contributed by atoms with Crippen molar-refractivity contribution in [2.75, 3.05) is 23.8 Å². The third-order valence-electron chi connectivity index (χ3n) is 3.42. The number of nitrogens with one attached hydrogen (secondary N) is 3. The van der Waals surface area contributed by atoms with Crippen molar-refractivity contribution < 1.29 is 13.9 Å². The number of carbonyl (C=O) groups is 1. The molecule has 0 saturated carbocycles. The number of halogens is 1. The molecule has 2 aromatic rings. The summed E-state index contributed by atoms with van der Waals surface area (Å²) in [7, 11) is 0. The number of amides is 1. The van der Waals surface area contributed by atoms with Crippen LogP contribution >= 0.6 is 0 Å². The van der Waals surface area contributed by atoms with Gasteiger partial charge >= 0.3 is 0 Å². The summed E-state index contributed by atoms with van der Waals surface area (Å²) in [6, 6.07) is 4.47. The summed E-state index contributed by atoms with van der Waals surface area (Å²) in [5.74, 6) is -0.885. The Hall–Kier alpha value is -2.48. The van der Waals surface area contributed by atoms with Crippen LogP contribution in [0.2, 0.25) is 0 Å². The second kappa shape index (κ2) is 6.52. The van der Waals surface area contributed by atoms with Gasteiger partial charge in [0, 0.05) is 18.8 Å². The molecule has 1 aromatic carbocycles. The molecular weight excluding hydrogens is 289 g/mol. The molecule has 116 valence electrons. The van der Waals surface area contributed by atoms with Gasteiger partial charge in [0.1, 0.15) is 5.82 Å². The highest BCUT2D eigenvalue weighted by atomic mass is 19.1. The second-order valence-electron chi connectivity index (χ2n) is 5.02. The van der Waals surface area contributed by atoms with Gasteiger partial charge in [-0.2, -0.15) is 15.4 Å². The summed E-state index contributed by atoms with van der Waals surface area (Å²) >= 11 is 0. The second-order valence-corrected chi connectivity index (χ2v) is 5.02. The molecule has 22 heavy (non-hydrogen) atoms. The van der Waals surface area contributed by atoms with Crippen molar-refractivity contribution >= 4 is 17.3 Å². The first kappa shape index (κ1) is 14.5. The summed E-state index contributed by atoms with van der Waals surface area (Å²) < 4.78 is 19.5. The molecule has 8 heteroatoms. The van der Waals surface area contributed by atoms with Gasteiger partial charge in [0.2, 0.25) is 0 Å². The van der Waals surface area contributed by atoms with Crippen molar-refractivity contribution in [2.45, 2.75) is 18.9 Å². The number of carbonyl (C=O) groups excluding carboxylic acids is 1. The Kier molecular flexibility index (Phi) is 4.29. The van der Waals surface area contributed by atoms with Gasteiger partial charge in [0.25, 0.3) is 5.91 Å². The maximum atomic E-state index is 14.0. The van der Waals surface area contributed by atoms with Crippen molar-refractivity contribution in [2.24, 2.45) is 0 Å². The van der Waals surface area contributed by atoms with Crippen molar-refractivity contribution in [1.29, 1.82) is 0 Å². The SMILES string of the molecule is O=C(Nc1ccc(NC[C@H]2CCCO2)c(F)c1)c1cn[nH]n1. The molecule has 0 spiro atoms. The quantitative estimate of drug-likeness (QED) is 0.783. The summed E-state index contributed by atoms with van der Waals surface area (Å²) in [6.45, 7) is 1.34. The highest BCUT2D eigenvalue weighted by Crippen LogP contribution is 2.20. The van der Waals surface area contributed by atoms with E-state index >= 15 is 0 Å². The molecule has 1 aliphatic heterocycles. The van der Waals surface area contributed by atoms with Crippen LogP contribution < -0.4 is 10.6 Å². The minimum absolute atomic E-state index is 0.131. The lowest BCUT2D eigenvalue weighted by atomic mass is 10.2.